The molecule has 29 heavy (non-hydrogen) atoms. The van der Waals surface area contributed by atoms with Crippen molar-refractivity contribution in [3.05, 3.63) is 113 Å². The van der Waals surface area contributed by atoms with Gasteiger partial charge in [0.25, 0.3) is 5.91 Å². The molecule has 0 saturated heterocycles. The highest BCUT2D eigenvalue weighted by Crippen LogP contribution is 2.16. The molecule has 0 atom stereocenters. The molecule has 148 valence electrons. The number of carbonyl (C=O) groups excluding carboxylic acids is 1. The molecule has 0 fully saturated rings. The molecule has 0 aromatic heterocycles. The molecule has 0 heterocycles. The molecule has 1 N–H and O–H groups in total. The highest BCUT2D eigenvalue weighted by atomic mass is 35.5. The number of nitrogens with zero attached hydrogens (tertiary/aromatic N) is 1. The van der Waals surface area contributed by atoms with E-state index in [-0.39, 0.29) is 5.91 Å². The number of aliphatic imine (C=N–C) groups is 1. The van der Waals surface area contributed by atoms with Crippen LogP contribution in [0.4, 0.5) is 0 Å². The number of hydrogen-bond donors (Lipinski definition) is 1. The minimum atomic E-state index is -0.314. The summed E-state index contributed by atoms with van der Waals surface area (Å²) in [5.74, 6) is 0.0517. The fourth-order valence-electron chi connectivity index (χ4n) is 2.37. The molecular formula is C24H23ClN2O2. The second kappa shape index (κ2) is 12.2. The maximum atomic E-state index is 12.6. The zero-order valence-corrected chi connectivity index (χ0v) is 17.0. The van der Waals surface area contributed by atoms with Crippen LogP contribution in [0.2, 0.25) is 5.02 Å². The molecule has 3 aromatic rings. The van der Waals surface area contributed by atoms with Gasteiger partial charge in [0.2, 0.25) is 0 Å². The van der Waals surface area contributed by atoms with Gasteiger partial charge < -0.3 is 9.73 Å². The summed E-state index contributed by atoms with van der Waals surface area (Å²) >= 11 is 6.11. The zero-order valence-electron chi connectivity index (χ0n) is 16.2. The standard InChI is InChI=1S/C22H18ClNO2.C2H5N/c23-20-14-8-7-13-19(20)22(25)24-21(15-17-9-3-1-4-10-17)26-16-18-11-5-2-6-12-18;1-3-2/h1-15H,16H2,(H,24,25);1H2,2H3/b21-15+;. The number of nitrogens with one attached hydrogen (secondary N) is 1. The van der Waals surface area contributed by atoms with Gasteiger partial charge in [-0.15, -0.1) is 0 Å². The summed E-state index contributed by atoms with van der Waals surface area (Å²) in [4.78, 5) is 15.8. The number of amides is 1. The predicted molar refractivity (Wildman–Crippen MR) is 120 cm³/mol. The lowest BCUT2D eigenvalue weighted by Crippen LogP contribution is -2.24. The van der Waals surface area contributed by atoms with Crippen LogP contribution in [-0.2, 0) is 11.3 Å². The number of benzene rings is 3. The minimum absolute atomic E-state index is 0.314. The Bertz CT molecular complexity index is 941. The third-order valence-electron chi connectivity index (χ3n) is 3.69. The molecule has 0 aliphatic rings. The minimum Gasteiger partial charge on any atom is -0.474 e. The Morgan fingerprint density at radius 1 is 1.00 bits per heavy atom. The van der Waals surface area contributed by atoms with Gasteiger partial charge in [0.05, 0.1) is 10.6 Å². The van der Waals surface area contributed by atoms with Crippen LogP contribution in [0.1, 0.15) is 21.5 Å². The number of halogens is 1. The Kier molecular flexibility index (Phi) is 9.19. The van der Waals surface area contributed by atoms with Gasteiger partial charge in [0, 0.05) is 13.1 Å². The van der Waals surface area contributed by atoms with Gasteiger partial charge in [-0.3, -0.25) is 10.1 Å². The van der Waals surface area contributed by atoms with E-state index in [0.717, 1.165) is 11.1 Å². The van der Waals surface area contributed by atoms with Gasteiger partial charge >= 0.3 is 0 Å². The first-order valence-corrected chi connectivity index (χ1v) is 9.36. The first-order valence-electron chi connectivity index (χ1n) is 8.98. The Morgan fingerprint density at radius 3 is 2.17 bits per heavy atom. The Hall–Kier alpha value is -3.37. The second-order valence-corrected chi connectivity index (χ2v) is 6.35. The van der Waals surface area contributed by atoms with E-state index < -0.39 is 0 Å². The van der Waals surface area contributed by atoms with Gasteiger partial charge in [-0.25, -0.2) is 0 Å². The summed E-state index contributed by atoms with van der Waals surface area (Å²) in [6.45, 7) is 3.46. The fraction of sp³-hybridized carbons (Fsp3) is 0.0833. The maximum Gasteiger partial charge on any atom is 0.259 e. The summed E-state index contributed by atoms with van der Waals surface area (Å²) < 4.78 is 5.85. The molecule has 3 rings (SSSR count). The van der Waals surface area contributed by atoms with Crippen LogP contribution in [0.5, 0.6) is 0 Å². The lowest BCUT2D eigenvalue weighted by atomic mass is 10.2. The van der Waals surface area contributed by atoms with E-state index in [1.165, 1.54) is 0 Å². The van der Waals surface area contributed by atoms with Crippen molar-refractivity contribution >= 4 is 30.3 Å². The zero-order chi connectivity index (χ0) is 20.9. The highest BCUT2D eigenvalue weighted by Gasteiger charge is 2.12. The maximum absolute atomic E-state index is 12.6. The molecule has 1 amide bonds. The van der Waals surface area contributed by atoms with Crippen molar-refractivity contribution < 1.29 is 9.53 Å². The van der Waals surface area contributed by atoms with Crippen molar-refractivity contribution in [2.24, 2.45) is 4.99 Å². The van der Waals surface area contributed by atoms with Gasteiger partial charge in [-0.1, -0.05) is 84.4 Å². The summed E-state index contributed by atoms with van der Waals surface area (Å²) in [7, 11) is 1.64. The summed E-state index contributed by atoms with van der Waals surface area (Å²) in [6.07, 6.45) is 1.79. The molecule has 0 bridgehead atoms. The van der Waals surface area contributed by atoms with E-state index in [1.807, 2.05) is 60.7 Å². The SMILES string of the molecule is C=NC.O=C(N/C(=C\c1ccccc1)OCc1ccccc1)c1ccccc1Cl. The molecule has 0 saturated carbocycles. The van der Waals surface area contributed by atoms with E-state index in [4.69, 9.17) is 16.3 Å². The molecular weight excluding hydrogens is 384 g/mol. The molecule has 0 unspecified atom stereocenters. The van der Waals surface area contributed by atoms with Gasteiger partial charge in [0.1, 0.15) is 6.61 Å². The lowest BCUT2D eigenvalue weighted by Gasteiger charge is -2.13. The van der Waals surface area contributed by atoms with E-state index in [2.05, 4.69) is 17.0 Å². The average Bonchev–Trinajstić information content (AvgIpc) is 2.74. The normalized spacial score (nSPS) is 10.3. The molecule has 0 aliphatic carbocycles. The Labute approximate surface area is 176 Å². The molecule has 3 aromatic carbocycles. The van der Waals surface area contributed by atoms with Crippen LogP contribution < -0.4 is 5.32 Å². The van der Waals surface area contributed by atoms with Gasteiger partial charge in [0.15, 0.2) is 5.88 Å². The summed E-state index contributed by atoms with van der Waals surface area (Å²) in [5.41, 5.74) is 2.34. The average molecular weight is 407 g/mol. The van der Waals surface area contributed by atoms with Crippen LogP contribution in [0.15, 0.2) is 95.8 Å². The molecule has 0 aliphatic heterocycles. The second-order valence-electron chi connectivity index (χ2n) is 5.94. The number of ether oxygens (including phenoxy) is 1. The molecule has 0 spiro atoms. The monoisotopic (exact) mass is 406 g/mol. The van der Waals surface area contributed by atoms with Crippen molar-refractivity contribution in [2.75, 3.05) is 7.05 Å². The molecule has 4 nitrogen and oxygen atoms in total. The third-order valence-corrected chi connectivity index (χ3v) is 4.02. The topological polar surface area (TPSA) is 50.7 Å². The van der Waals surface area contributed by atoms with Gasteiger partial charge in [-0.05, 0) is 30.0 Å². The first-order chi connectivity index (χ1) is 14.1. The highest BCUT2D eigenvalue weighted by molar-refractivity contribution is 6.33. The predicted octanol–water partition coefficient (Wildman–Crippen LogP) is 5.60. The number of carbonyl (C=O) groups is 1. The van der Waals surface area contributed by atoms with Crippen LogP contribution in [0.3, 0.4) is 0 Å². The van der Waals surface area contributed by atoms with Crippen molar-refractivity contribution in [1.82, 2.24) is 5.32 Å². The van der Waals surface area contributed by atoms with Crippen LogP contribution >= 0.6 is 11.6 Å². The van der Waals surface area contributed by atoms with Crippen LogP contribution in [0.25, 0.3) is 6.08 Å². The lowest BCUT2D eigenvalue weighted by molar-refractivity contribution is 0.0913. The number of rotatable bonds is 6. The third kappa shape index (κ3) is 7.64. The Balaban J connectivity index is 0.000000941. The van der Waals surface area contributed by atoms with E-state index in [9.17, 15) is 4.79 Å². The summed E-state index contributed by atoms with van der Waals surface area (Å²) in [6, 6.07) is 26.4. The Morgan fingerprint density at radius 2 is 1.55 bits per heavy atom. The van der Waals surface area contributed by atoms with E-state index in [1.54, 1.807) is 37.4 Å². The van der Waals surface area contributed by atoms with E-state index >= 15 is 0 Å². The largest absolute Gasteiger partial charge is 0.474 e. The smallest absolute Gasteiger partial charge is 0.259 e. The fourth-order valence-corrected chi connectivity index (χ4v) is 2.60. The molecule has 0 radical (unpaired) electrons. The van der Waals surface area contributed by atoms with Crippen molar-refractivity contribution in [3.8, 4) is 0 Å². The quantitative estimate of drug-likeness (QED) is 0.427. The van der Waals surface area contributed by atoms with E-state index in [0.29, 0.717) is 23.1 Å². The first kappa shape index (κ1) is 21.9. The van der Waals surface area contributed by atoms with Crippen molar-refractivity contribution in [3.63, 3.8) is 0 Å². The van der Waals surface area contributed by atoms with Crippen LogP contribution in [-0.4, -0.2) is 19.7 Å². The van der Waals surface area contributed by atoms with Crippen molar-refractivity contribution in [1.29, 1.82) is 0 Å². The molecule has 5 heteroatoms. The summed E-state index contributed by atoms with van der Waals surface area (Å²) in [5, 5.41) is 3.20. The van der Waals surface area contributed by atoms with Crippen LogP contribution in [0, 0.1) is 0 Å². The van der Waals surface area contributed by atoms with Crippen molar-refractivity contribution in [2.45, 2.75) is 6.61 Å². The van der Waals surface area contributed by atoms with Gasteiger partial charge in [-0.2, -0.15) is 0 Å². The number of hydrogen-bond acceptors (Lipinski definition) is 3.